The van der Waals surface area contributed by atoms with Crippen LogP contribution in [0.1, 0.15) is 6.42 Å². The average Bonchev–Trinajstić information content (AvgIpc) is 3.02. The van der Waals surface area contributed by atoms with Gasteiger partial charge in [0.05, 0.1) is 6.33 Å². The molecule has 106 valence electrons. The molecule has 20 heavy (non-hydrogen) atoms. The molecule has 1 aliphatic heterocycles. The second kappa shape index (κ2) is 6.52. The lowest BCUT2D eigenvalue weighted by atomic mass is 10.2. The predicted molar refractivity (Wildman–Crippen MR) is 79.7 cm³/mol. The topological polar surface area (TPSA) is 37.2 Å². The van der Waals surface area contributed by atoms with Crippen molar-refractivity contribution in [3.63, 3.8) is 0 Å². The Balaban J connectivity index is 1.40. The standard InChI is InChI=1S/C15H21N5/c1(8-19-9-6-17-14-19)7-18-10-12-20(13-11-18)15-2-4-16-5-3-15/h2-6,9,14H,1,7-8,10-13H2. The molecule has 0 N–H and O–H groups in total. The number of hydrogen-bond acceptors (Lipinski definition) is 4. The molecule has 1 saturated heterocycles. The molecule has 1 aliphatic rings. The van der Waals surface area contributed by atoms with E-state index in [4.69, 9.17) is 0 Å². The fourth-order valence-corrected chi connectivity index (χ4v) is 2.68. The van der Waals surface area contributed by atoms with Crippen LogP contribution in [0.4, 0.5) is 5.69 Å². The van der Waals surface area contributed by atoms with Gasteiger partial charge in [0.1, 0.15) is 0 Å². The summed E-state index contributed by atoms with van der Waals surface area (Å²) in [6.07, 6.45) is 10.7. The van der Waals surface area contributed by atoms with Gasteiger partial charge in [0, 0.05) is 63.2 Å². The Bertz CT molecular complexity index is 488. The van der Waals surface area contributed by atoms with Crippen LogP contribution in [0.3, 0.4) is 0 Å². The zero-order valence-corrected chi connectivity index (χ0v) is 11.7. The summed E-state index contributed by atoms with van der Waals surface area (Å²) in [6.45, 7) is 6.73. The van der Waals surface area contributed by atoms with Gasteiger partial charge in [-0.3, -0.25) is 9.88 Å². The Labute approximate surface area is 119 Å². The van der Waals surface area contributed by atoms with Crippen LogP contribution in [0.15, 0.2) is 43.2 Å². The number of piperazine rings is 1. The summed E-state index contributed by atoms with van der Waals surface area (Å²) in [4.78, 5) is 13.1. The third-order valence-corrected chi connectivity index (χ3v) is 3.85. The Hall–Kier alpha value is -1.88. The van der Waals surface area contributed by atoms with Gasteiger partial charge in [-0.15, -0.1) is 0 Å². The van der Waals surface area contributed by atoms with E-state index in [2.05, 4.69) is 36.5 Å². The van der Waals surface area contributed by atoms with Crippen LogP contribution in [0, 0.1) is 0 Å². The van der Waals surface area contributed by atoms with Gasteiger partial charge in [-0.05, 0) is 25.1 Å². The van der Waals surface area contributed by atoms with E-state index in [9.17, 15) is 0 Å². The maximum atomic E-state index is 4.08. The van der Waals surface area contributed by atoms with Gasteiger partial charge in [0.15, 0.2) is 0 Å². The van der Waals surface area contributed by atoms with Gasteiger partial charge in [-0.25, -0.2) is 4.98 Å². The maximum Gasteiger partial charge on any atom is 0.0945 e. The van der Waals surface area contributed by atoms with Crippen molar-refractivity contribution in [1.82, 2.24) is 19.4 Å². The van der Waals surface area contributed by atoms with Gasteiger partial charge in [-0.2, -0.15) is 0 Å². The molecule has 5 nitrogen and oxygen atoms in total. The summed E-state index contributed by atoms with van der Waals surface area (Å²) >= 11 is 0. The Kier molecular flexibility index (Phi) is 4.28. The van der Waals surface area contributed by atoms with Crippen molar-refractivity contribution in [2.24, 2.45) is 0 Å². The zero-order valence-electron chi connectivity index (χ0n) is 11.7. The van der Waals surface area contributed by atoms with E-state index in [1.54, 1.807) is 0 Å². The SMILES string of the molecule is c1cc(N2CCN(CCCn3ccnc3)CC2)ccn1. The molecule has 0 spiro atoms. The smallest absolute Gasteiger partial charge is 0.0945 e. The minimum absolute atomic E-state index is 1.06. The van der Waals surface area contributed by atoms with Gasteiger partial charge >= 0.3 is 0 Å². The predicted octanol–water partition coefficient (Wildman–Crippen LogP) is 1.49. The molecule has 0 bridgehead atoms. The lowest BCUT2D eigenvalue weighted by Crippen LogP contribution is -2.46. The number of aryl methyl sites for hydroxylation is 1. The Morgan fingerprint density at radius 2 is 1.70 bits per heavy atom. The lowest BCUT2D eigenvalue weighted by Gasteiger charge is -2.36. The largest absolute Gasteiger partial charge is 0.369 e. The minimum atomic E-state index is 1.06. The highest BCUT2D eigenvalue weighted by Gasteiger charge is 2.16. The number of anilines is 1. The van der Waals surface area contributed by atoms with Crippen LogP contribution < -0.4 is 4.90 Å². The molecule has 0 amide bonds. The molecule has 3 rings (SSSR count). The first-order valence-electron chi connectivity index (χ1n) is 7.25. The molecule has 0 unspecified atom stereocenters. The average molecular weight is 271 g/mol. The molecule has 0 aliphatic carbocycles. The van der Waals surface area contributed by atoms with Crippen LogP contribution in [-0.4, -0.2) is 52.2 Å². The quantitative estimate of drug-likeness (QED) is 0.825. The van der Waals surface area contributed by atoms with E-state index in [1.165, 1.54) is 18.7 Å². The molecule has 0 saturated carbocycles. The lowest BCUT2D eigenvalue weighted by molar-refractivity contribution is 0.250. The van der Waals surface area contributed by atoms with Crippen molar-refractivity contribution in [2.45, 2.75) is 13.0 Å². The number of nitrogens with zero attached hydrogens (tertiary/aromatic N) is 5. The third kappa shape index (κ3) is 3.36. The molecule has 0 radical (unpaired) electrons. The van der Waals surface area contributed by atoms with E-state index >= 15 is 0 Å². The molecule has 2 aromatic rings. The first kappa shape index (κ1) is 13.1. The summed E-state index contributed by atoms with van der Waals surface area (Å²) in [6, 6.07) is 4.18. The number of hydrogen-bond donors (Lipinski definition) is 0. The number of imidazole rings is 1. The summed E-state index contributed by atoms with van der Waals surface area (Å²) in [5.74, 6) is 0. The van der Waals surface area contributed by atoms with Crippen molar-refractivity contribution in [1.29, 1.82) is 0 Å². The molecule has 2 aromatic heterocycles. The van der Waals surface area contributed by atoms with Crippen molar-refractivity contribution < 1.29 is 0 Å². The van der Waals surface area contributed by atoms with Crippen LogP contribution in [-0.2, 0) is 6.54 Å². The summed E-state index contributed by atoms with van der Waals surface area (Å²) in [7, 11) is 0. The van der Waals surface area contributed by atoms with E-state index < -0.39 is 0 Å². The zero-order chi connectivity index (χ0) is 13.6. The van der Waals surface area contributed by atoms with Gasteiger partial charge in [-0.1, -0.05) is 0 Å². The normalized spacial score (nSPS) is 16.5. The van der Waals surface area contributed by atoms with Crippen molar-refractivity contribution in [2.75, 3.05) is 37.6 Å². The molecular weight excluding hydrogens is 250 g/mol. The van der Waals surface area contributed by atoms with Gasteiger partial charge in [0.2, 0.25) is 0 Å². The van der Waals surface area contributed by atoms with Crippen LogP contribution in [0.2, 0.25) is 0 Å². The van der Waals surface area contributed by atoms with E-state index in [0.717, 1.165) is 32.7 Å². The summed E-state index contributed by atoms with van der Waals surface area (Å²) in [5.41, 5.74) is 1.29. The van der Waals surface area contributed by atoms with Crippen molar-refractivity contribution in [3.05, 3.63) is 43.2 Å². The monoisotopic (exact) mass is 271 g/mol. The second-order valence-corrected chi connectivity index (χ2v) is 5.19. The molecule has 0 aromatic carbocycles. The first-order valence-corrected chi connectivity index (χ1v) is 7.25. The summed E-state index contributed by atoms with van der Waals surface area (Å²) < 4.78 is 2.15. The fourth-order valence-electron chi connectivity index (χ4n) is 2.68. The number of pyridine rings is 1. The van der Waals surface area contributed by atoms with Crippen LogP contribution in [0.5, 0.6) is 0 Å². The molecule has 1 fully saturated rings. The molecule has 3 heterocycles. The van der Waals surface area contributed by atoms with Crippen molar-refractivity contribution in [3.8, 4) is 0 Å². The van der Waals surface area contributed by atoms with E-state index in [1.807, 2.05) is 31.1 Å². The minimum Gasteiger partial charge on any atom is -0.369 e. The van der Waals surface area contributed by atoms with E-state index in [0.29, 0.717) is 0 Å². The fraction of sp³-hybridized carbons (Fsp3) is 0.467. The number of rotatable bonds is 5. The highest BCUT2D eigenvalue weighted by molar-refractivity contribution is 5.44. The van der Waals surface area contributed by atoms with Crippen LogP contribution in [0.25, 0.3) is 0 Å². The third-order valence-electron chi connectivity index (χ3n) is 3.85. The number of aromatic nitrogens is 3. The highest BCUT2D eigenvalue weighted by Crippen LogP contribution is 2.14. The maximum absolute atomic E-state index is 4.08. The summed E-state index contributed by atoms with van der Waals surface area (Å²) in [5, 5.41) is 0. The molecule has 0 atom stereocenters. The second-order valence-electron chi connectivity index (χ2n) is 5.19. The Morgan fingerprint density at radius 1 is 0.900 bits per heavy atom. The molecule has 5 heteroatoms. The van der Waals surface area contributed by atoms with E-state index in [-0.39, 0.29) is 0 Å². The van der Waals surface area contributed by atoms with Crippen molar-refractivity contribution >= 4 is 5.69 Å². The van der Waals surface area contributed by atoms with Gasteiger partial charge < -0.3 is 9.47 Å². The van der Waals surface area contributed by atoms with Gasteiger partial charge in [0.25, 0.3) is 0 Å². The van der Waals surface area contributed by atoms with Crippen LogP contribution >= 0.6 is 0 Å². The molecular formula is C15H21N5. The highest BCUT2D eigenvalue weighted by atomic mass is 15.3. The Morgan fingerprint density at radius 3 is 2.40 bits per heavy atom. The first-order chi connectivity index (χ1) is 9.92.